The summed E-state index contributed by atoms with van der Waals surface area (Å²) >= 11 is 5.59. The summed E-state index contributed by atoms with van der Waals surface area (Å²) in [7, 11) is 1.20. The molecule has 0 aromatic rings. The van der Waals surface area contributed by atoms with Gasteiger partial charge in [-0.05, 0) is 0 Å². The highest BCUT2D eigenvalue weighted by Crippen LogP contribution is 2.28. The molecule has 0 aromatic carbocycles. The smallest absolute Gasteiger partial charge is 0.335 e. The molecular weight excluding hydrogens is 198 g/mol. The molecule has 0 bridgehead atoms. The van der Waals surface area contributed by atoms with E-state index in [0.29, 0.717) is 0 Å². The summed E-state index contributed by atoms with van der Waals surface area (Å²) in [5, 5.41) is 10.4. The fraction of sp³-hybridized carbons (Fsp3) is 0.286. The van der Waals surface area contributed by atoms with Crippen molar-refractivity contribution in [3.63, 3.8) is 0 Å². The zero-order valence-corrected chi connectivity index (χ0v) is 7.50. The molecule has 0 heterocycles. The third-order valence-electron chi connectivity index (χ3n) is 1.61. The van der Waals surface area contributed by atoms with Crippen molar-refractivity contribution in [3.05, 3.63) is 32.5 Å². The Kier molecular flexibility index (Phi) is 2.67. The molecule has 5 nitrogen and oxygen atoms in total. The van der Waals surface area contributed by atoms with E-state index in [2.05, 4.69) is 4.74 Å². The van der Waals surface area contributed by atoms with Crippen LogP contribution in [-0.2, 0) is 9.53 Å². The minimum absolute atomic E-state index is 0.0709. The molecule has 0 aromatic heterocycles. The Labute approximate surface area is 78.8 Å². The van der Waals surface area contributed by atoms with Crippen molar-refractivity contribution >= 4 is 17.6 Å². The summed E-state index contributed by atoms with van der Waals surface area (Å²) in [4.78, 5) is 20.7. The molecule has 1 aliphatic carbocycles. The Balaban J connectivity index is 2.83. The van der Waals surface area contributed by atoms with Gasteiger partial charge in [-0.1, -0.05) is 11.6 Å². The lowest BCUT2D eigenvalue weighted by Crippen LogP contribution is -2.06. The van der Waals surface area contributed by atoms with Crippen LogP contribution in [0, 0.1) is 10.1 Å². The topological polar surface area (TPSA) is 69.4 Å². The predicted molar refractivity (Wildman–Crippen MR) is 44.6 cm³/mol. The van der Waals surface area contributed by atoms with Gasteiger partial charge in [-0.25, -0.2) is 4.79 Å². The van der Waals surface area contributed by atoms with E-state index in [0.717, 1.165) is 6.08 Å². The van der Waals surface area contributed by atoms with Crippen molar-refractivity contribution in [1.82, 2.24) is 0 Å². The van der Waals surface area contributed by atoms with Crippen LogP contribution in [0.3, 0.4) is 0 Å². The number of methoxy groups -OCH3 is 1. The monoisotopic (exact) mass is 203 g/mol. The van der Waals surface area contributed by atoms with Crippen LogP contribution >= 0.6 is 11.6 Å². The lowest BCUT2D eigenvalue weighted by molar-refractivity contribution is -0.426. The van der Waals surface area contributed by atoms with Crippen LogP contribution in [0.1, 0.15) is 6.42 Å². The first-order valence-electron chi connectivity index (χ1n) is 3.38. The number of carbonyl (C=O) groups is 1. The second kappa shape index (κ2) is 3.57. The first kappa shape index (κ1) is 9.73. The molecule has 0 aliphatic heterocycles. The minimum Gasteiger partial charge on any atom is -0.466 e. The Morgan fingerprint density at radius 2 is 2.38 bits per heavy atom. The number of esters is 1. The molecule has 0 N–H and O–H groups in total. The highest BCUT2D eigenvalue weighted by molar-refractivity contribution is 6.33. The van der Waals surface area contributed by atoms with E-state index in [9.17, 15) is 14.9 Å². The minimum atomic E-state index is -0.627. The van der Waals surface area contributed by atoms with Crippen molar-refractivity contribution in [1.29, 1.82) is 0 Å². The van der Waals surface area contributed by atoms with Gasteiger partial charge in [0.05, 0.1) is 29.1 Å². The van der Waals surface area contributed by atoms with E-state index in [1.807, 2.05) is 0 Å². The molecule has 6 heteroatoms. The molecule has 0 saturated heterocycles. The number of nitrogens with zero attached hydrogens (tertiary/aromatic N) is 1. The molecule has 1 aliphatic rings. The Bertz CT molecular complexity index is 331. The van der Waals surface area contributed by atoms with E-state index >= 15 is 0 Å². The van der Waals surface area contributed by atoms with Gasteiger partial charge in [-0.2, -0.15) is 0 Å². The molecular formula is C7H6ClNO4. The van der Waals surface area contributed by atoms with E-state index in [1.165, 1.54) is 7.11 Å². The Morgan fingerprint density at radius 3 is 2.77 bits per heavy atom. The number of rotatable bonds is 2. The van der Waals surface area contributed by atoms with Gasteiger partial charge in [0, 0.05) is 6.08 Å². The zero-order valence-electron chi connectivity index (χ0n) is 6.74. The summed E-state index contributed by atoms with van der Waals surface area (Å²) in [6.45, 7) is 0. The highest BCUT2D eigenvalue weighted by atomic mass is 35.5. The summed E-state index contributed by atoms with van der Waals surface area (Å²) in [6.07, 6.45) is 1.09. The van der Waals surface area contributed by atoms with Gasteiger partial charge in [0.1, 0.15) is 0 Å². The van der Waals surface area contributed by atoms with Gasteiger partial charge in [0.15, 0.2) is 0 Å². The van der Waals surface area contributed by atoms with Crippen LogP contribution in [0.25, 0.3) is 0 Å². The molecule has 0 amide bonds. The maximum atomic E-state index is 11.0. The van der Waals surface area contributed by atoms with Crippen LogP contribution in [-0.4, -0.2) is 18.0 Å². The molecule has 0 saturated carbocycles. The van der Waals surface area contributed by atoms with E-state index < -0.39 is 10.9 Å². The van der Waals surface area contributed by atoms with Crippen molar-refractivity contribution in [2.24, 2.45) is 0 Å². The first-order chi connectivity index (χ1) is 6.06. The summed E-state index contributed by atoms with van der Waals surface area (Å²) in [5.41, 5.74) is 0.0428. The fourth-order valence-electron chi connectivity index (χ4n) is 0.960. The number of hydrogen-bond acceptors (Lipinski definition) is 4. The maximum Gasteiger partial charge on any atom is 0.335 e. The largest absolute Gasteiger partial charge is 0.466 e. The molecule has 0 spiro atoms. The van der Waals surface area contributed by atoms with Crippen LogP contribution in [0.4, 0.5) is 0 Å². The molecule has 13 heavy (non-hydrogen) atoms. The first-order valence-corrected chi connectivity index (χ1v) is 3.76. The van der Waals surface area contributed by atoms with Crippen molar-refractivity contribution in [2.75, 3.05) is 7.11 Å². The van der Waals surface area contributed by atoms with Gasteiger partial charge < -0.3 is 4.74 Å². The second-order valence-electron chi connectivity index (χ2n) is 2.39. The number of hydrogen-bond donors (Lipinski definition) is 0. The molecule has 0 radical (unpaired) electrons. The molecule has 70 valence electrons. The van der Waals surface area contributed by atoms with Crippen molar-refractivity contribution in [3.8, 4) is 0 Å². The average Bonchev–Trinajstić information content (AvgIpc) is 2.46. The van der Waals surface area contributed by atoms with Crippen molar-refractivity contribution in [2.45, 2.75) is 6.42 Å². The van der Waals surface area contributed by atoms with E-state index in [-0.39, 0.29) is 22.7 Å². The fourth-order valence-corrected chi connectivity index (χ4v) is 1.23. The van der Waals surface area contributed by atoms with E-state index in [4.69, 9.17) is 11.6 Å². The lowest BCUT2D eigenvalue weighted by Gasteiger charge is -1.98. The van der Waals surface area contributed by atoms with Crippen LogP contribution in [0.15, 0.2) is 22.4 Å². The lowest BCUT2D eigenvalue weighted by atomic mass is 10.2. The van der Waals surface area contributed by atoms with Crippen molar-refractivity contribution < 1.29 is 14.5 Å². The quantitative estimate of drug-likeness (QED) is 0.384. The van der Waals surface area contributed by atoms with Gasteiger partial charge in [-0.15, -0.1) is 0 Å². The molecule has 0 unspecified atom stereocenters. The number of nitro groups is 1. The third-order valence-corrected chi connectivity index (χ3v) is 1.94. The number of halogens is 1. The summed E-state index contributed by atoms with van der Waals surface area (Å²) < 4.78 is 4.40. The highest BCUT2D eigenvalue weighted by Gasteiger charge is 2.28. The number of ether oxygens (including phenoxy) is 1. The van der Waals surface area contributed by atoms with Gasteiger partial charge in [0.25, 0.3) is 5.70 Å². The van der Waals surface area contributed by atoms with Crippen LogP contribution < -0.4 is 0 Å². The van der Waals surface area contributed by atoms with Gasteiger partial charge in [0.2, 0.25) is 0 Å². The summed E-state index contributed by atoms with van der Waals surface area (Å²) in [6, 6.07) is 0. The third kappa shape index (κ3) is 1.86. The van der Waals surface area contributed by atoms with Crippen LogP contribution in [0.5, 0.6) is 0 Å². The SMILES string of the molecule is COC(=O)C1=C(Cl)C=C([N+](=O)[O-])C1. The second-order valence-corrected chi connectivity index (χ2v) is 2.79. The Hall–Kier alpha value is -1.36. The summed E-state index contributed by atoms with van der Waals surface area (Å²) in [5.74, 6) is -0.627. The number of allylic oxidation sites excluding steroid dienone is 3. The maximum absolute atomic E-state index is 11.0. The van der Waals surface area contributed by atoms with Gasteiger partial charge >= 0.3 is 5.97 Å². The molecule has 1 rings (SSSR count). The predicted octanol–water partition coefficient (Wildman–Crippen LogP) is 1.22. The van der Waals surface area contributed by atoms with Gasteiger partial charge in [-0.3, -0.25) is 10.1 Å². The Morgan fingerprint density at radius 1 is 1.77 bits per heavy atom. The standard InChI is InChI=1S/C7H6ClNO4/c1-13-7(10)5-2-4(9(11)12)3-6(5)8/h3H,2H2,1H3. The van der Waals surface area contributed by atoms with Crippen LogP contribution in [0.2, 0.25) is 0 Å². The normalized spacial score (nSPS) is 15.7. The zero-order chi connectivity index (χ0) is 10.0. The molecule has 0 fully saturated rings. The van der Waals surface area contributed by atoms with E-state index in [1.54, 1.807) is 0 Å². The average molecular weight is 204 g/mol. The number of carbonyl (C=O) groups excluding carboxylic acids is 1. The molecule has 0 atom stereocenters.